The highest BCUT2D eigenvalue weighted by Crippen LogP contribution is 2.11. The van der Waals surface area contributed by atoms with Crippen LogP contribution in [0.5, 0.6) is 5.75 Å². The van der Waals surface area contributed by atoms with Gasteiger partial charge in [-0.2, -0.15) is 0 Å². The number of unbranched alkanes of at least 4 members (excludes halogenated alkanes) is 2. The summed E-state index contributed by atoms with van der Waals surface area (Å²) in [5.41, 5.74) is 1.28. The first-order valence-electron chi connectivity index (χ1n) is 7.02. The minimum atomic E-state index is 0.844. The van der Waals surface area contributed by atoms with Crippen LogP contribution in [0.2, 0.25) is 0 Å². The number of rotatable bonds is 5. The molecule has 0 amide bonds. The van der Waals surface area contributed by atoms with Crippen LogP contribution in [0.15, 0.2) is 24.3 Å². The van der Waals surface area contributed by atoms with E-state index in [0.29, 0.717) is 0 Å². The zero-order valence-corrected chi connectivity index (χ0v) is 12.5. The summed E-state index contributed by atoms with van der Waals surface area (Å²) >= 11 is 0. The second-order valence-electron chi connectivity index (χ2n) is 3.37. The van der Waals surface area contributed by atoms with E-state index in [9.17, 15) is 0 Å². The molecule has 0 aliphatic rings. The Labute approximate surface area is 108 Å². The van der Waals surface area contributed by atoms with Crippen LogP contribution >= 0.6 is 0 Å². The predicted molar refractivity (Wildman–Crippen MR) is 78.9 cm³/mol. The van der Waals surface area contributed by atoms with Crippen molar-refractivity contribution in [1.82, 2.24) is 0 Å². The molecule has 0 aliphatic carbocycles. The molecule has 0 saturated heterocycles. The highest BCUT2D eigenvalue weighted by molar-refractivity contribution is 5.26. The summed E-state index contributed by atoms with van der Waals surface area (Å²) < 4.78 is 5.56. The van der Waals surface area contributed by atoms with Gasteiger partial charge in [0, 0.05) is 0 Å². The highest BCUT2D eigenvalue weighted by atomic mass is 16.5. The molecular weight excluding hydrogens is 208 g/mol. The Bertz CT molecular complexity index is 226. The lowest BCUT2D eigenvalue weighted by Crippen LogP contribution is -1.96. The molecule has 0 aliphatic heterocycles. The van der Waals surface area contributed by atoms with E-state index in [2.05, 4.69) is 26.0 Å². The predicted octanol–water partition coefficient (Wildman–Crippen LogP) is 5.62. The molecule has 0 saturated carbocycles. The minimum absolute atomic E-state index is 0.844. The van der Waals surface area contributed by atoms with Crippen LogP contribution in [0.1, 0.15) is 59.4 Å². The quantitative estimate of drug-likeness (QED) is 0.605. The van der Waals surface area contributed by atoms with Crippen LogP contribution in [-0.2, 0) is 0 Å². The topological polar surface area (TPSA) is 9.23 Å². The van der Waals surface area contributed by atoms with Crippen molar-refractivity contribution in [2.75, 3.05) is 6.61 Å². The van der Waals surface area contributed by atoms with Crippen molar-refractivity contribution >= 4 is 0 Å². The fourth-order valence-electron chi connectivity index (χ4n) is 1.18. The van der Waals surface area contributed by atoms with Gasteiger partial charge in [0.1, 0.15) is 5.75 Å². The molecule has 0 radical (unpaired) electrons. The van der Waals surface area contributed by atoms with E-state index >= 15 is 0 Å². The molecule has 1 aromatic rings. The molecule has 1 nitrogen and oxygen atoms in total. The van der Waals surface area contributed by atoms with E-state index in [1.165, 1.54) is 18.4 Å². The number of benzene rings is 1. The summed E-state index contributed by atoms with van der Waals surface area (Å²) in [6, 6.07) is 8.22. The summed E-state index contributed by atoms with van der Waals surface area (Å²) in [5, 5.41) is 0. The average Bonchev–Trinajstić information content (AvgIpc) is 2.41. The maximum absolute atomic E-state index is 5.56. The maximum Gasteiger partial charge on any atom is 0.119 e. The van der Waals surface area contributed by atoms with Gasteiger partial charge in [-0.25, -0.2) is 0 Å². The molecule has 0 N–H and O–H groups in total. The van der Waals surface area contributed by atoms with Gasteiger partial charge in [0.05, 0.1) is 6.61 Å². The fourth-order valence-corrected chi connectivity index (χ4v) is 1.18. The molecule has 100 valence electrons. The van der Waals surface area contributed by atoms with Crippen molar-refractivity contribution in [3.63, 3.8) is 0 Å². The smallest absolute Gasteiger partial charge is 0.119 e. The standard InChI is InChI=1S/C12H18O.2C2H6/c1-3-4-5-10-13-12-8-6-11(2)7-9-12;2*1-2/h6-9H,3-5,10H2,1-2H3;2*1-2H3. The number of hydrogen-bond donors (Lipinski definition) is 0. The number of ether oxygens (including phenoxy) is 1. The molecule has 17 heavy (non-hydrogen) atoms. The first-order valence-corrected chi connectivity index (χ1v) is 7.02. The summed E-state index contributed by atoms with van der Waals surface area (Å²) in [4.78, 5) is 0. The average molecular weight is 238 g/mol. The molecule has 0 spiro atoms. The fraction of sp³-hybridized carbons (Fsp3) is 0.625. The molecule has 0 heterocycles. The third kappa shape index (κ3) is 11.3. The third-order valence-corrected chi connectivity index (χ3v) is 2.04. The van der Waals surface area contributed by atoms with Crippen molar-refractivity contribution in [3.05, 3.63) is 29.8 Å². The van der Waals surface area contributed by atoms with E-state index < -0.39 is 0 Å². The Morgan fingerprint density at radius 1 is 0.882 bits per heavy atom. The lowest BCUT2D eigenvalue weighted by atomic mass is 10.2. The van der Waals surface area contributed by atoms with Gasteiger partial charge < -0.3 is 4.74 Å². The van der Waals surface area contributed by atoms with Crippen molar-refractivity contribution in [2.45, 2.75) is 60.8 Å². The molecule has 0 fully saturated rings. The Morgan fingerprint density at radius 2 is 1.41 bits per heavy atom. The molecule has 1 heteroatoms. The van der Waals surface area contributed by atoms with Crippen LogP contribution in [0.25, 0.3) is 0 Å². The molecular formula is C16H30O. The largest absolute Gasteiger partial charge is 0.494 e. The normalized spacial score (nSPS) is 8.35. The second kappa shape index (κ2) is 15.0. The van der Waals surface area contributed by atoms with Gasteiger partial charge in [-0.1, -0.05) is 65.2 Å². The van der Waals surface area contributed by atoms with Crippen LogP contribution in [0.4, 0.5) is 0 Å². The summed E-state index contributed by atoms with van der Waals surface area (Å²) in [6.07, 6.45) is 3.66. The van der Waals surface area contributed by atoms with E-state index in [1.807, 2.05) is 39.8 Å². The van der Waals surface area contributed by atoms with E-state index in [4.69, 9.17) is 4.74 Å². The summed E-state index contributed by atoms with van der Waals surface area (Å²) in [5.74, 6) is 0.988. The van der Waals surface area contributed by atoms with Gasteiger partial charge in [0.2, 0.25) is 0 Å². The van der Waals surface area contributed by atoms with Gasteiger partial charge in [-0.15, -0.1) is 0 Å². The van der Waals surface area contributed by atoms with Crippen LogP contribution < -0.4 is 4.74 Å². The first-order chi connectivity index (χ1) is 8.33. The lowest BCUT2D eigenvalue weighted by molar-refractivity contribution is 0.306. The van der Waals surface area contributed by atoms with Gasteiger partial charge in [0.25, 0.3) is 0 Å². The molecule has 0 unspecified atom stereocenters. The van der Waals surface area contributed by atoms with Crippen LogP contribution in [0, 0.1) is 6.92 Å². The van der Waals surface area contributed by atoms with Crippen LogP contribution in [0.3, 0.4) is 0 Å². The molecule has 0 atom stereocenters. The van der Waals surface area contributed by atoms with Crippen molar-refractivity contribution in [2.24, 2.45) is 0 Å². The number of aryl methyl sites for hydroxylation is 1. The monoisotopic (exact) mass is 238 g/mol. The Kier molecular flexibility index (Phi) is 16.2. The second-order valence-corrected chi connectivity index (χ2v) is 3.37. The van der Waals surface area contributed by atoms with Gasteiger partial charge in [-0.3, -0.25) is 0 Å². The van der Waals surface area contributed by atoms with Gasteiger partial charge in [-0.05, 0) is 25.5 Å². The zero-order chi connectivity index (χ0) is 13.5. The van der Waals surface area contributed by atoms with E-state index in [1.54, 1.807) is 0 Å². The summed E-state index contributed by atoms with van der Waals surface area (Å²) in [6.45, 7) is 13.1. The van der Waals surface area contributed by atoms with E-state index in [0.717, 1.165) is 18.8 Å². The van der Waals surface area contributed by atoms with Crippen LogP contribution in [-0.4, -0.2) is 6.61 Å². The van der Waals surface area contributed by atoms with Gasteiger partial charge in [0.15, 0.2) is 0 Å². The first kappa shape index (κ1) is 18.4. The van der Waals surface area contributed by atoms with Crippen molar-refractivity contribution in [1.29, 1.82) is 0 Å². The summed E-state index contributed by atoms with van der Waals surface area (Å²) in [7, 11) is 0. The third-order valence-electron chi connectivity index (χ3n) is 2.04. The molecule has 0 aromatic heterocycles. The Balaban J connectivity index is 0. The Morgan fingerprint density at radius 3 is 1.88 bits per heavy atom. The zero-order valence-electron chi connectivity index (χ0n) is 12.5. The van der Waals surface area contributed by atoms with E-state index in [-0.39, 0.29) is 0 Å². The van der Waals surface area contributed by atoms with Gasteiger partial charge >= 0.3 is 0 Å². The van der Waals surface area contributed by atoms with Crippen molar-refractivity contribution in [3.8, 4) is 5.75 Å². The molecule has 1 aromatic carbocycles. The molecule has 1 rings (SSSR count). The SMILES string of the molecule is CC.CC.CCCCCOc1ccc(C)cc1. The lowest BCUT2D eigenvalue weighted by Gasteiger charge is -2.05. The Hall–Kier alpha value is -0.980. The number of hydrogen-bond acceptors (Lipinski definition) is 1. The molecule has 0 bridgehead atoms. The maximum atomic E-state index is 5.56. The van der Waals surface area contributed by atoms with Crippen molar-refractivity contribution < 1.29 is 4.74 Å². The minimum Gasteiger partial charge on any atom is -0.494 e. The highest BCUT2D eigenvalue weighted by Gasteiger charge is 1.91.